The molecule has 1 aromatic carbocycles. The van der Waals surface area contributed by atoms with Gasteiger partial charge in [0.2, 0.25) is 5.91 Å². The first-order chi connectivity index (χ1) is 18.6. The van der Waals surface area contributed by atoms with Crippen LogP contribution in [0.15, 0.2) is 48.9 Å². The first-order valence-corrected chi connectivity index (χ1v) is 13.6. The van der Waals surface area contributed by atoms with Gasteiger partial charge in [-0.2, -0.15) is 5.10 Å². The Hall–Kier alpha value is -4.20. The molecule has 0 spiro atoms. The molecular formula is C30H33N7O. The Balaban J connectivity index is 1.36. The van der Waals surface area contributed by atoms with Gasteiger partial charge in [-0.15, -0.1) is 0 Å². The molecule has 194 valence electrons. The van der Waals surface area contributed by atoms with Crippen LogP contribution in [0, 0.1) is 6.92 Å². The zero-order chi connectivity index (χ0) is 26.1. The summed E-state index contributed by atoms with van der Waals surface area (Å²) in [5.74, 6) is 0.00882. The standard InChI is InChI=1S/C30H33N7O/c1-3-4-8-27(38)33-22-13-20(16-31-18-22)21-14-24-29(35-36-30(24)32-17-21)25-15-23-26(37-11-6-5-7-12-37)10-9-19(2)28(23)34-25/h9-10,13-18,34H,3-8,11-12H2,1-2H3,(H,33,38)(H,32,35,36). The largest absolute Gasteiger partial charge is 0.371 e. The van der Waals surface area contributed by atoms with E-state index in [2.05, 4.69) is 73.5 Å². The van der Waals surface area contributed by atoms with Gasteiger partial charge in [-0.25, -0.2) is 4.98 Å². The second-order valence-corrected chi connectivity index (χ2v) is 10.2. The van der Waals surface area contributed by atoms with Crippen molar-refractivity contribution in [1.29, 1.82) is 0 Å². The summed E-state index contributed by atoms with van der Waals surface area (Å²) in [6, 6.07) is 10.7. The first-order valence-electron chi connectivity index (χ1n) is 13.6. The molecule has 3 N–H and O–H groups in total. The maximum Gasteiger partial charge on any atom is 0.224 e. The molecule has 38 heavy (non-hydrogen) atoms. The molecular weight excluding hydrogens is 474 g/mol. The third-order valence-electron chi connectivity index (χ3n) is 7.47. The number of pyridine rings is 2. The van der Waals surface area contributed by atoms with E-state index in [0.29, 0.717) is 17.8 Å². The Kier molecular flexibility index (Phi) is 6.54. The molecule has 5 heterocycles. The van der Waals surface area contributed by atoms with Crippen LogP contribution >= 0.6 is 0 Å². The number of carbonyl (C=O) groups excluding carboxylic acids is 1. The van der Waals surface area contributed by atoms with Crippen molar-refractivity contribution in [1.82, 2.24) is 25.1 Å². The van der Waals surface area contributed by atoms with Gasteiger partial charge in [0.05, 0.1) is 28.8 Å². The number of hydrogen-bond donors (Lipinski definition) is 3. The highest BCUT2D eigenvalue weighted by molar-refractivity contribution is 6.01. The molecule has 1 fully saturated rings. The van der Waals surface area contributed by atoms with Crippen LogP contribution in [-0.2, 0) is 4.79 Å². The number of rotatable bonds is 7. The number of nitrogens with one attached hydrogen (secondary N) is 3. The van der Waals surface area contributed by atoms with E-state index < -0.39 is 0 Å². The summed E-state index contributed by atoms with van der Waals surface area (Å²) in [5.41, 5.74) is 8.72. The number of amides is 1. The molecule has 1 aliphatic rings. The van der Waals surface area contributed by atoms with Gasteiger partial charge in [0.15, 0.2) is 5.65 Å². The third-order valence-corrected chi connectivity index (χ3v) is 7.47. The Morgan fingerprint density at radius 3 is 2.71 bits per heavy atom. The van der Waals surface area contributed by atoms with Gasteiger partial charge in [0, 0.05) is 59.5 Å². The van der Waals surface area contributed by atoms with Gasteiger partial charge in [0.1, 0.15) is 0 Å². The van der Waals surface area contributed by atoms with Crippen LogP contribution < -0.4 is 10.2 Å². The van der Waals surface area contributed by atoms with Gasteiger partial charge in [0.25, 0.3) is 0 Å². The number of hydrogen-bond acceptors (Lipinski definition) is 5. The van der Waals surface area contributed by atoms with Crippen LogP contribution in [0.4, 0.5) is 11.4 Å². The van der Waals surface area contributed by atoms with E-state index in [0.717, 1.165) is 59.3 Å². The molecule has 0 atom stereocenters. The average molecular weight is 508 g/mol. The maximum absolute atomic E-state index is 12.2. The number of carbonyl (C=O) groups is 1. The third kappa shape index (κ3) is 4.62. The van der Waals surface area contributed by atoms with Crippen molar-refractivity contribution in [2.24, 2.45) is 0 Å². The number of aromatic amines is 2. The molecule has 5 aromatic rings. The van der Waals surface area contributed by atoms with E-state index in [9.17, 15) is 4.79 Å². The zero-order valence-corrected chi connectivity index (χ0v) is 22.0. The quantitative estimate of drug-likeness (QED) is 0.230. The summed E-state index contributed by atoms with van der Waals surface area (Å²) >= 11 is 0. The highest BCUT2D eigenvalue weighted by Gasteiger charge is 2.19. The van der Waals surface area contributed by atoms with Gasteiger partial charge in [-0.3, -0.25) is 14.9 Å². The lowest BCUT2D eigenvalue weighted by Gasteiger charge is -2.29. The van der Waals surface area contributed by atoms with E-state index >= 15 is 0 Å². The minimum absolute atomic E-state index is 0.00882. The van der Waals surface area contributed by atoms with Crippen LogP contribution in [0.3, 0.4) is 0 Å². The first kappa shape index (κ1) is 24.2. The number of aromatic nitrogens is 5. The number of unbranched alkanes of at least 4 members (excludes halogenated alkanes) is 1. The number of nitrogens with zero attached hydrogens (tertiary/aromatic N) is 4. The van der Waals surface area contributed by atoms with Gasteiger partial charge < -0.3 is 15.2 Å². The Morgan fingerprint density at radius 1 is 1.03 bits per heavy atom. The smallest absolute Gasteiger partial charge is 0.224 e. The van der Waals surface area contributed by atoms with Gasteiger partial charge in [-0.05, 0) is 62.4 Å². The fourth-order valence-electron chi connectivity index (χ4n) is 5.38. The lowest BCUT2D eigenvalue weighted by molar-refractivity contribution is -0.116. The number of piperidine rings is 1. The van der Waals surface area contributed by atoms with Crippen LogP contribution in [0.1, 0.15) is 51.0 Å². The van der Waals surface area contributed by atoms with E-state index in [4.69, 9.17) is 0 Å². The summed E-state index contributed by atoms with van der Waals surface area (Å²) < 4.78 is 0. The zero-order valence-electron chi connectivity index (χ0n) is 22.0. The van der Waals surface area contributed by atoms with Crippen LogP contribution in [0.2, 0.25) is 0 Å². The molecule has 1 saturated heterocycles. The molecule has 0 unspecified atom stereocenters. The molecule has 6 rings (SSSR count). The second kappa shape index (κ2) is 10.3. The number of benzene rings is 1. The van der Waals surface area contributed by atoms with Crippen molar-refractivity contribution < 1.29 is 4.79 Å². The molecule has 0 radical (unpaired) electrons. The van der Waals surface area contributed by atoms with E-state index in [1.54, 1.807) is 18.6 Å². The van der Waals surface area contributed by atoms with Crippen LogP contribution in [0.25, 0.3) is 44.5 Å². The molecule has 4 aromatic heterocycles. The highest BCUT2D eigenvalue weighted by atomic mass is 16.1. The van der Waals surface area contributed by atoms with Crippen LogP contribution in [0.5, 0.6) is 0 Å². The van der Waals surface area contributed by atoms with Crippen molar-refractivity contribution in [2.45, 2.75) is 52.4 Å². The summed E-state index contributed by atoms with van der Waals surface area (Å²) in [6.07, 6.45) is 11.4. The molecule has 8 nitrogen and oxygen atoms in total. The maximum atomic E-state index is 12.2. The number of fused-ring (bicyclic) bond motifs is 2. The van der Waals surface area contributed by atoms with Crippen molar-refractivity contribution in [3.8, 4) is 22.5 Å². The molecule has 1 amide bonds. The predicted molar refractivity (Wildman–Crippen MR) is 153 cm³/mol. The predicted octanol–water partition coefficient (Wildman–Crippen LogP) is 6.60. The molecule has 0 saturated carbocycles. The normalized spacial score (nSPS) is 13.9. The fraction of sp³-hybridized carbons (Fsp3) is 0.333. The van der Waals surface area contributed by atoms with Crippen molar-refractivity contribution in [2.75, 3.05) is 23.3 Å². The Morgan fingerprint density at radius 2 is 1.87 bits per heavy atom. The van der Waals surface area contributed by atoms with Gasteiger partial charge in [-0.1, -0.05) is 19.4 Å². The van der Waals surface area contributed by atoms with E-state index in [-0.39, 0.29) is 5.91 Å². The fourth-order valence-corrected chi connectivity index (χ4v) is 5.38. The van der Waals surface area contributed by atoms with Gasteiger partial charge >= 0.3 is 0 Å². The molecule has 8 heteroatoms. The summed E-state index contributed by atoms with van der Waals surface area (Å²) in [6.45, 7) is 6.43. The number of H-pyrrole nitrogens is 2. The lowest BCUT2D eigenvalue weighted by Crippen LogP contribution is -2.29. The Labute approximate surface area is 221 Å². The minimum atomic E-state index is 0.00882. The van der Waals surface area contributed by atoms with Crippen molar-refractivity contribution in [3.05, 3.63) is 54.5 Å². The number of aryl methyl sites for hydroxylation is 1. The second-order valence-electron chi connectivity index (χ2n) is 10.2. The SMILES string of the molecule is CCCCC(=O)Nc1cncc(-c2cnc3n[nH]c(-c4cc5c(N6CCCCC6)ccc(C)c5[nH]4)c3c2)c1. The summed E-state index contributed by atoms with van der Waals surface area (Å²) in [7, 11) is 0. The summed E-state index contributed by atoms with van der Waals surface area (Å²) in [5, 5.41) is 12.8. The molecule has 1 aliphatic heterocycles. The topological polar surface area (TPSA) is 103 Å². The lowest BCUT2D eigenvalue weighted by atomic mass is 10.1. The molecule has 0 aliphatic carbocycles. The van der Waals surface area contributed by atoms with Crippen LogP contribution in [-0.4, -0.2) is 44.1 Å². The molecule has 0 bridgehead atoms. The summed E-state index contributed by atoms with van der Waals surface area (Å²) in [4.78, 5) is 27.4. The number of anilines is 2. The van der Waals surface area contributed by atoms with E-state index in [1.165, 1.54) is 35.9 Å². The van der Waals surface area contributed by atoms with Crippen molar-refractivity contribution in [3.63, 3.8) is 0 Å². The Bertz CT molecular complexity index is 1610. The monoisotopic (exact) mass is 507 g/mol. The van der Waals surface area contributed by atoms with E-state index in [1.807, 2.05) is 6.07 Å². The van der Waals surface area contributed by atoms with Crippen molar-refractivity contribution >= 4 is 39.2 Å². The highest BCUT2D eigenvalue weighted by Crippen LogP contribution is 2.36. The average Bonchev–Trinajstić information content (AvgIpc) is 3.57. The minimum Gasteiger partial charge on any atom is -0.371 e.